The van der Waals surface area contributed by atoms with Gasteiger partial charge in [0.1, 0.15) is 11.9 Å². The third-order valence-electron chi connectivity index (χ3n) is 6.91. The Labute approximate surface area is 232 Å². The molecule has 3 aromatic rings. The highest BCUT2D eigenvalue weighted by Crippen LogP contribution is 2.28. The molecular formula is C30H45N5O2S. The summed E-state index contributed by atoms with van der Waals surface area (Å²) >= 11 is 1.74. The average Bonchev–Trinajstić information content (AvgIpc) is 3.51. The van der Waals surface area contributed by atoms with Crippen molar-refractivity contribution < 1.29 is 9.59 Å². The van der Waals surface area contributed by atoms with Crippen molar-refractivity contribution in [3.8, 4) is 0 Å². The van der Waals surface area contributed by atoms with Gasteiger partial charge in [-0.3, -0.25) is 9.59 Å². The number of hydrogen-bond acceptors (Lipinski definition) is 5. The lowest BCUT2D eigenvalue weighted by Gasteiger charge is -2.21. The standard InChI is InChI=1S/C30H45N5O2S/c1-7-23(8-2)35-27-14-13-22(19-25(27)32-28(35)20-24-12-11-17-38-24)29(36)33-26(18-21(3)4)30(37)31-15-9-10-16-34(5)6/h11-14,17,19,21,23,26H,7-10,15-16,18,20H2,1-6H3,(H,31,37)(H,33,36). The number of imidazole rings is 1. The van der Waals surface area contributed by atoms with Gasteiger partial charge in [-0.15, -0.1) is 11.3 Å². The Bertz CT molecular complexity index is 1160. The summed E-state index contributed by atoms with van der Waals surface area (Å²) in [5.41, 5.74) is 2.40. The fourth-order valence-corrected chi connectivity index (χ4v) is 5.58. The lowest BCUT2D eigenvalue weighted by molar-refractivity contribution is -0.123. The number of unbranched alkanes of at least 4 members (excludes halogenated alkanes) is 1. The van der Waals surface area contributed by atoms with E-state index in [0.717, 1.165) is 55.5 Å². The molecule has 3 rings (SSSR count). The fraction of sp³-hybridized carbons (Fsp3) is 0.567. The third kappa shape index (κ3) is 8.14. The molecule has 2 heterocycles. The summed E-state index contributed by atoms with van der Waals surface area (Å²) in [7, 11) is 4.09. The van der Waals surface area contributed by atoms with Crippen LogP contribution < -0.4 is 10.6 Å². The van der Waals surface area contributed by atoms with Gasteiger partial charge in [0.2, 0.25) is 5.91 Å². The predicted octanol–water partition coefficient (Wildman–Crippen LogP) is 5.65. The number of nitrogens with one attached hydrogen (secondary N) is 2. The highest BCUT2D eigenvalue weighted by Gasteiger charge is 2.24. The molecule has 7 nitrogen and oxygen atoms in total. The van der Waals surface area contributed by atoms with Gasteiger partial charge in [-0.1, -0.05) is 33.8 Å². The van der Waals surface area contributed by atoms with E-state index < -0.39 is 6.04 Å². The summed E-state index contributed by atoms with van der Waals surface area (Å²) in [6.45, 7) is 10.2. The molecule has 0 aliphatic carbocycles. The molecule has 1 atom stereocenters. The Balaban J connectivity index is 1.78. The van der Waals surface area contributed by atoms with Gasteiger partial charge in [-0.05, 0) is 88.3 Å². The molecule has 1 aromatic carbocycles. The molecule has 2 aromatic heterocycles. The highest BCUT2D eigenvalue weighted by atomic mass is 32.1. The van der Waals surface area contributed by atoms with Crippen molar-refractivity contribution in [2.75, 3.05) is 27.2 Å². The number of aromatic nitrogens is 2. The van der Waals surface area contributed by atoms with Crippen LogP contribution in [0, 0.1) is 5.92 Å². The molecule has 0 fully saturated rings. The zero-order valence-electron chi connectivity index (χ0n) is 23.9. The second kappa shape index (κ2) is 14.4. The molecule has 208 valence electrons. The summed E-state index contributed by atoms with van der Waals surface area (Å²) < 4.78 is 2.35. The maximum absolute atomic E-state index is 13.3. The van der Waals surface area contributed by atoms with E-state index in [-0.39, 0.29) is 17.7 Å². The van der Waals surface area contributed by atoms with E-state index in [9.17, 15) is 9.59 Å². The van der Waals surface area contributed by atoms with Gasteiger partial charge >= 0.3 is 0 Å². The average molecular weight is 540 g/mol. The van der Waals surface area contributed by atoms with Crippen LogP contribution in [0.3, 0.4) is 0 Å². The summed E-state index contributed by atoms with van der Waals surface area (Å²) in [5.74, 6) is 0.948. The van der Waals surface area contributed by atoms with Crippen LogP contribution in [0.4, 0.5) is 0 Å². The van der Waals surface area contributed by atoms with E-state index in [1.165, 1.54) is 4.88 Å². The summed E-state index contributed by atoms with van der Waals surface area (Å²) in [4.78, 5) is 34.6. The maximum atomic E-state index is 13.3. The first-order valence-corrected chi connectivity index (χ1v) is 14.9. The van der Waals surface area contributed by atoms with Crippen LogP contribution in [0.1, 0.15) is 86.9 Å². The number of fused-ring (bicyclic) bond motifs is 1. The normalized spacial score (nSPS) is 12.6. The molecule has 0 saturated carbocycles. The van der Waals surface area contributed by atoms with E-state index in [1.807, 2.05) is 32.3 Å². The Kier molecular flexibility index (Phi) is 11.3. The number of nitrogens with zero attached hydrogens (tertiary/aromatic N) is 3. The number of amides is 2. The number of rotatable bonds is 15. The molecule has 0 bridgehead atoms. The van der Waals surface area contributed by atoms with Crippen LogP contribution in [-0.4, -0.2) is 59.5 Å². The Morgan fingerprint density at radius 2 is 1.87 bits per heavy atom. The molecule has 1 unspecified atom stereocenters. The maximum Gasteiger partial charge on any atom is 0.252 e. The van der Waals surface area contributed by atoms with E-state index >= 15 is 0 Å². The van der Waals surface area contributed by atoms with Gasteiger partial charge in [0, 0.05) is 29.4 Å². The summed E-state index contributed by atoms with van der Waals surface area (Å²) in [6.07, 6.45) is 5.33. The van der Waals surface area contributed by atoms with Crippen LogP contribution in [0.15, 0.2) is 35.7 Å². The summed E-state index contributed by atoms with van der Waals surface area (Å²) in [6, 6.07) is 9.74. The van der Waals surface area contributed by atoms with Gasteiger partial charge in [0.05, 0.1) is 11.0 Å². The molecule has 0 aliphatic rings. The van der Waals surface area contributed by atoms with Crippen LogP contribution in [0.25, 0.3) is 11.0 Å². The Morgan fingerprint density at radius 1 is 1.11 bits per heavy atom. The largest absolute Gasteiger partial charge is 0.354 e. The quantitative estimate of drug-likeness (QED) is 0.245. The van der Waals surface area contributed by atoms with E-state index in [4.69, 9.17) is 4.98 Å². The number of carbonyl (C=O) groups excluding carboxylic acids is 2. The molecular weight excluding hydrogens is 494 g/mol. The van der Waals surface area contributed by atoms with Crippen molar-refractivity contribution in [1.82, 2.24) is 25.1 Å². The number of carbonyl (C=O) groups is 2. The van der Waals surface area contributed by atoms with Crippen molar-refractivity contribution in [3.05, 3.63) is 52.0 Å². The van der Waals surface area contributed by atoms with Gasteiger partial charge in [0.25, 0.3) is 5.91 Å². The second-order valence-electron chi connectivity index (χ2n) is 10.8. The zero-order valence-corrected chi connectivity index (χ0v) is 24.7. The zero-order chi connectivity index (χ0) is 27.7. The first-order chi connectivity index (χ1) is 18.2. The molecule has 0 aliphatic heterocycles. The van der Waals surface area contributed by atoms with Crippen molar-refractivity contribution in [2.24, 2.45) is 5.92 Å². The predicted molar refractivity (Wildman–Crippen MR) is 158 cm³/mol. The molecule has 0 spiro atoms. The molecule has 0 saturated heterocycles. The fourth-order valence-electron chi connectivity index (χ4n) is 4.88. The monoisotopic (exact) mass is 539 g/mol. The molecule has 2 amide bonds. The van der Waals surface area contributed by atoms with Gasteiger partial charge < -0.3 is 20.1 Å². The minimum atomic E-state index is -0.566. The number of thiophene rings is 1. The lowest BCUT2D eigenvalue weighted by Crippen LogP contribution is -2.47. The van der Waals surface area contributed by atoms with Crippen molar-refractivity contribution >= 4 is 34.2 Å². The Hall–Kier alpha value is -2.71. The molecule has 0 radical (unpaired) electrons. The topological polar surface area (TPSA) is 79.3 Å². The first kappa shape index (κ1) is 29.8. The van der Waals surface area contributed by atoms with Crippen LogP contribution in [0.2, 0.25) is 0 Å². The smallest absolute Gasteiger partial charge is 0.252 e. The van der Waals surface area contributed by atoms with Crippen molar-refractivity contribution in [1.29, 1.82) is 0 Å². The molecule has 2 N–H and O–H groups in total. The van der Waals surface area contributed by atoms with Crippen LogP contribution in [0.5, 0.6) is 0 Å². The van der Waals surface area contributed by atoms with Crippen molar-refractivity contribution in [3.63, 3.8) is 0 Å². The van der Waals surface area contributed by atoms with E-state index in [2.05, 4.69) is 65.3 Å². The third-order valence-corrected chi connectivity index (χ3v) is 7.78. The summed E-state index contributed by atoms with van der Waals surface area (Å²) in [5, 5.41) is 8.11. The van der Waals surface area contributed by atoms with Gasteiger partial charge in [-0.2, -0.15) is 0 Å². The molecule has 38 heavy (non-hydrogen) atoms. The van der Waals surface area contributed by atoms with Gasteiger partial charge in [-0.25, -0.2) is 4.98 Å². The number of hydrogen-bond donors (Lipinski definition) is 2. The van der Waals surface area contributed by atoms with Gasteiger partial charge in [0.15, 0.2) is 0 Å². The van der Waals surface area contributed by atoms with E-state index in [0.29, 0.717) is 24.6 Å². The van der Waals surface area contributed by atoms with Crippen LogP contribution >= 0.6 is 11.3 Å². The second-order valence-corrected chi connectivity index (χ2v) is 11.8. The minimum Gasteiger partial charge on any atom is -0.354 e. The minimum absolute atomic E-state index is 0.116. The SMILES string of the molecule is CCC(CC)n1c(Cc2cccs2)nc2cc(C(=O)NC(CC(C)C)C(=O)NCCCCN(C)C)ccc21. The molecule has 8 heteroatoms. The first-order valence-electron chi connectivity index (χ1n) is 14.0. The van der Waals surface area contributed by atoms with Crippen molar-refractivity contribution in [2.45, 2.75) is 78.3 Å². The highest BCUT2D eigenvalue weighted by molar-refractivity contribution is 7.09. The number of benzene rings is 1. The van der Waals surface area contributed by atoms with E-state index in [1.54, 1.807) is 11.3 Å². The van der Waals surface area contributed by atoms with Crippen LogP contribution in [-0.2, 0) is 11.2 Å². The lowest BCUT2D eigenvalue weighted by atomic mass is 10.0. The Morgan fingerprint density at radius 3 is 2.50 bits per heavy atom.